The number of fused-ring (bicyclic) bond motifs is 7. The smallest absolute Gasteiger partial charge is 0.0781 e. The Morgan fingerprint density at radius 2 is 1.00 bits per heavy atom. The number of hydrogen-bond acceptors (Lipinski definition) is 2. The van der Waals surface area contributed by atoms with Gasteiger partial charge in [0.05, 0.1) is 22.4 Å². The molecule has 0 spiro atoms. The van der Waals surface area contributed by atoms with Gasteiger partial charge in [-0.1, -0.05) is 133 Å². The summed E-state index contributed by atoms with van der Waals surface area (Å²) in [6.45, 7) is 0. The van der Waals surface area contributed by atoms with E-state index in [-0.39, 0.29) is 0 Å². The predicted molar refractivity (Wildman–Crippen MR) is 211 cm³/mol. The fourth-order valence-corrected chi connectivity index (χ4v) is 8.70. The van der Waals surface area contributed by atoms with Gasteiger partial charge < -0.3 is 9.47 Å². The highest BCUT2D eigenvalue weighted by Gasteiger charge is 2.24. The van der Waals surface area contributed by atoms with E-state index in [0.717, 1.165) is 22.7 Å². The fourth-order valence-electron chi connectivity index (χ4n) is 7.56. The summed E-state index contributed by atoms with van der Waals surface area (Å²) in [6.07, 6.45) is 0. The lowest BCUT2D eigenvalue weighted by atomic mass is 10.0. The highest BCUT2D eigenvalue weighted by molar-refractivity contribution is 7.25. The van der Waals surface area contributed by atoms with Crippen LogP contribution >= 0.6 is 11.3 Å². The molecule has 0 aliphatic heterocycles. The van der Waals surface area contributed by atoms with Gasteiger partial charge in [0.15, 0.2) is 0 Å². The molecule has 0 unspecified atom stereocenters. The Morgan fingerprint density at radius 1 is 0.388 bits per heavy atom. The lowest BCUT2D eigenvalue weighted by molar-refractivity contribution is 1.16. The van der Waals surface area contributed by atoms with Gasteiger partial charge in [0.25, 0.3) is 0 Å². The number of anilines is 3. The van der Waals surface area contributed by atoms with Gasteiger partial charge in [0.1, 0.15) is 0 Å². The molecule has 0 radical (unpaired) electrons. The maximum absolute atomic E-state index is 2.48. The number of rotatable bonds is 5. The molecule has 0 saturated heterocycles. The second kappa shape index (κ2) is 11.2. The summed E-state index contributed by atoms with van der Waals surface area (Å²) in [7, 11) is 0. The summed E-state index contributed by atoms with van der Waals surface area (Å²) >= 11 is 1.86. The van der Waals surface area contributed by atoms with E-state index in [2.05, 4.69) is 191 Å². The van der Waals surface area contributed by atoms with E-state index >= 15 is 0 Å². The Bertz CT molecular complexity index is 2790. The van der Waals surface area contributed by atoms with E-state index in [1.54, 1.807) is 0 Å². The highest BCUT2D eigenvalue weighted by atomic mass is 32.1. The fraction of sp³-hybridized carbons (Fsp3) is 0. The summed E-state index contributed by atoms with van der Waals surface area (Å²) in [5.74, 6) is 0. The van der Waals surface area contributed by atoms with Crippen molar-refractivity contribution in [2.75, 3.05) is 4.90 Å². The molecule has 2 aromatic heterocycles. The number of hydrogen-bond donors (Lipinski definition) is 0. The van der Waals surface area contributed by atoms with Gasteiger partial charge in [-0.05, 0) is 65.0 Å². The maximum Gasteiger partial charge on any atom is 0.0781 e. The van der Waals surface area contributed by atoms with Crippen LogP contribution in [0.5, 0.6) is 0 Å². The zero-order valence-corrected chi connectivity index (χ0v) is 27.4. The van der Waals surface area contributed by atoms with Gasteiger partial charge in [-0.2, -0.15) is 0 Å². The molecule has 2 nitrogen and oxygen atoms in total. The summed E-state index contributed by atoms with van der Waals surface area (Å²) in [5, 5.41) is 7.51. The van der Waals surface area contributed by atoms with E-state index in [1.807, 2.05) is 11.3 Å². The van der Waals surface area contributed by atoms with Crippen molar-refractivity contribution in [1.82, 2.24) is 4.57 Å². The van der Waals surface area contributed by atoms with Gasteiger partial charge >= 0.3 is 0 Å². The van der Waals surface area contributed by atoms with Crippen LogP contribution in [-0.4, -0.2) is 4.57 Å². The minimum absolute atomic E-state index is 1.11. The molecular weight excluding hydrogens is 613 g/mol. The maximum atomic E-state index is 2.48. The van der Waals surface area contributed by atoms with Crippen LogP contribution in [0.3, 0.4) is 0 Å². The molecule has 0 bridgehead atoms. The van der Waals surface area contributed by atoms with Gasteiger partial charge in [-0.3, -0.25) is 0 Å². The van der Waals surface area contributed by atoms with Crippen LogP contribution in [0, 0.1) is 0 Å². The van der Waals surface area contributed by atoms with Crippen molar-refractivity contribution < 1.29 is 0 Å². The molecule has 3 heteroatoms. The summed E-state index contributed by atoms with van der Waals surface area (Å²) < 4.78 is 5.04. The molecule has 2 heterocycles. The Kier molecular flexibility index (Phi) is 6.39. The minimum atomic E-state index is 1.11. The predicted octanol–water partition coefficient (Wildman–Crippen LogP) is 13.4. The summed E-state index contributed by atoms with van der Waals surface area (Å²) in [4.78, 5) is 2.48. The van der Waals surface area contributed by atoms with Crippen LogP contribution in [-0.2, 0) is 0 Å². The Balaban J connectivity index is 1.32. The molecule has 0 atom stereocenters. The van der Waals surface area contributed by atoms with Crippen molar-refractivity contribution in [1.29, 1.82) is 0 Å². The normalized spacial score (nSPS) is 11.7. The van der Waals surface area contributed by atoms with Crippen LogP contribution in [0.25, 0.3) is 69.6 Å². The van der Waals surface area contributed by atoms with Gasteiger partial charge in [0, 0.05) is 47.7 Å². The summed E-state index contributed by atoms with van der Waals surface area (Å²) in [6, 6.07) is 66.3. The second-order valence-electron chi connectivity index (χ2n) is 12.6. The molecule has 10 aromatic rings. The number of thiophene rings is 1. The standard InChI is InChI=1S/C46H30N2S/c1-2-13-31(14-3-1)33-16-12-17-34(29-33)47(35-26-27-40-39-21-8-11-24-44(39)49-45(40)30-35)46-36-18-5-4-15-32(36)25-28-43(46)48-41-22-9-6-19-37(41)38-20-7-10-23-42(38)48/h1-30H. The first kappa shape index (κ1) is 27.9. The molecule has 0 fully saturated rings. The van der Waals surface area contributed by atoms with Crippen molar-refractivity contribution in [2.45, 2.75) is 0 Å². The average molecular weight is 643 g/mol. The third-order valence-corrected chi connectivity index (χ3v) is 10.9. The van der Waals surface area contributed by atoms with Crippen molar-refractivity contribution >= 4 is 81.1 Å². The number of aromatic nitrogens is 1. The lowest BCUT2D eigenvalue weighted by Crippen LogP contribution is -2.14. The van der Waals surface area contributed by atoms with E-state index < -0.39 is 0 Å². The van der Waals surface area contributed by atoms with Crippen LogP contribution in [0.1, 0.15) is 0 Å². The van der Waals surface area contributed by atoms with Crippen LogP contribution in [0.2, 0.25) is 0 Å². The third kappa shape index (κ3) is 4.47. The Morgan fingerprint density at radius 3 is 1.80 bits per heavy atom. The van der Waals surface area contributed by atoms with Gasteiger partial charge in [-0.25, -0.2) is 0 Å². The largest absolute Gasteiger partial charge is 0.308 e. The Labute approximate surface area is 288 Å². The topological polar surface area (TPSA) is 8.17 Å². The molecule has 0 N–H and O–H groups in total. The molecule has 8 aromatic carbocycles. The SMILES string of the molecule is c1ccc(-c2cccc(N(c3ccc4c(c3)sc3ccccc34)c3c(-n4c5ccccc5c5ccccc54)ccc4ccccc34)c2)cc1. The molecule has 0 amide bonds. The monoisotopic (exact) mass is 642 g/mol. The minimum Gasteiger partial charge on any atom is -0.308 e. The zero-order chi connectivity index (χ0) is 32.3. The summed E-state index contributed by atoms with van der Waals surface area (Å²) in [5.41, 5.74) is 9.29. The molecule has 0 saturated carbocycles. The highest BCUT2D eigenvalue weighted by Crippen LogP contribution is 2.47. The quantitative estimate of drug-likeness (QED) is 0.181. The molecule has 49 heavy (non-hydrogen) atoms. The van der Waals surface area contributed by atoms with Crippen LogP contribution in [0.4, 0.5) is 17.1 Å². The average Bonchev–Trinajstić information content (AvgIpc) is 3.71. The first-order valence-electron chi connectivity index (χ1n) is 16.7. The number of para-hydroxylation sites is 2. The van der Waals surface area contributed by atoms with E-state index in [1.165, 1.54) is 63.9 Å². The molecule has 0 aliphatic rings. The van der Waals surface area contributed by atoms with Crippen LogP contribution in [0.15, 0.2) is 182 Å². The molecule has 230 valence electrons. The molecular formula is C46H30N2S. The van der Waals surface area contributed by atoms with Crippen LogP contribution < -0.4 is 4.90 Å². The lowest BCUT2D eigenvalue weighted by Gasteiger charge is -2.30. The second-order valence-corrected chi connectivity index (χ2v) is 13.6. The van der Waals surface area contributed by atoms with Crippen molar-refractivity contribution in [2.24, 2.45) is 0 Å². The van der Waals surface area contributed by atoms with Crippen molar-refractivity contribution in [3.63, 3.8) is 0 Å². The first-order valence-corrected chi connectivity index (χ1v) is 17.5. The van der Waals surface area contributed by atoms with Crippen molar-refractivity contribution in [3.05, 3.63) is 182 Å². The van der Waals surface area contributed by atoms with E-state index in [0.29, 0.717) is 0 Å². The molecule has 0 aliphatic carbocycles. The van der Waals surface area contributed by atoms with E-state index in [4.69, 9.17) is 0 Å². The molecule has 10 rings (SSSR count). The number of nitrogens with zero attached hydrogens (tertiary/aromatic N) is 2. The Hall–Kier alpha value is -6.16. The van der Waals surface area contributed by atoms with E-state index in [9.17, 15) is 0 Å². The van der Waals surface area contributed by atoms with Gasteiger partial charge in [-0.15, -0.1) is 11.3 Å². The third-order valence-electron chi connectivity index (χ3n) is 9.76. The van der Waals surface area contributed by atoms with Crippen molar-refractivity contribution in [3.8, 4) is 16.8 Å². The van der Waals surface area contributed by atoms with Gasteiger partial charge in [0.2, 0.25) is 0 Å². The zero-order valence-electron chi connectivity index (χ0n) is 26.6. The number of benzene rings is 8. The first-order chi connectivity index (χ1) is 24.3.